The molecular weight excluding hydrogens is 250 g/mol. The maximum Gasteiger partial charge on any atom is 0.162 e. The Morgan fingerprint density at radius 1 is 1.45 bits per heavy atom. The van der Waals surface area contributed by atoms with Gasteiger partial charge in [0.05, 0.1) is 0 Å². The molecule has 2 N–H and O–H groups in total. The molecule has 112 valence electrons. The molecule has 0 radical (unpaired) electrons. The Morgan fingerprint density at radius 2 is 2.20 bits per heavy atom. The van der Waals surface area contributed by atoms with E-state index in [1.807, 2.05) is 6.07 Å². The topological polar surface area (TPSA) is 61.0 Å². The van der Waals surface area contributed by atoms with Crippen LogP contribution in [0.25, 0.3) is 0 Å². The van der Waals surface area contributed by atoms with Crippen molar-refractivity contribution in [1.82, 2.24) is 9.97 Å². The van der Waals surface area contributed by atoms with Crippen molar-refractivity contribution >= 4 is 5.82 Å². The van der Waals surface area contributed by atoms with E-state index >= 15 is 0 Å². The van der Waals surface area contributed by atoms with Gasteiger partial charge in [-0.3, -0.25) is 0 Å². The van der Waals surface area contributed by atoms with Crippen molar-refractivity contribution in [1.29, 1.82) is 0 Å². The first-order valence-corrected chi connectivity index (χ1v) is 7.64. The molecule has 4 heteroatoms. The van der Waals surface area contributed by atoms with Crippen LogP contribution in [-0.2, 0) is 16.8 Å². The Kier molecular flexibility index (Phi) is 4.63. The molecule has 0 bridgehead atoms. The summed E-state index contributed by atoms with van der Waals surface area (Å²) < 4.78 is 5.87. The number of rotatable bonds is 4. The van der Waals surface area contributed by atoms with Gasteiger partial charge >= 0.3 is 0 Å². The van der Waals surface area contributed by atoms with Gasteiger partial charge in [0.1, 0.15) is 11.4 Å². The van der Waals surface area contributed by atoms with Crippen LogP contribution < -0.4 is 5.73 Å². The molecule has 2 atom stereocenters. The summed E-state index contributed by atoms with van der Waals surface area (Å²) in [5.74, 6) is 2.53. The molecule has 0 amide bonds. The van der Waals surface area contributed by atoms with Crippen LogP contribution in [0, 0.1) is 11.8 Å². The quantitative estimate of drug-likeness (QED) is 0.917. The molecule has 1 heterocycles. The molecule has 4 nitrogen and oxygen atoms in total. The number of methoxy groups -OCH3 is 1. The highest BCUT2D eigenvalue weighted by Gasteiger charge is 2.39. The molecular formula is C16H27N3O. The van der Waals surface area contributed by atoms with Crippen molar-refractivity contribution in [3.05, 3.63) is 17.6 Å². The van der Waals surface area contributed by atoms with Gasteiger partial charge in [-0.2, -0.15) is 0 Å². The molecule has 1 aliphatic carbocycles. The van der Waals surface area contributed by atoms with Crippen LogP contribution >= 0.6 is 0 Å². The highest BCUT2D eigenvalue weighted by molar-refractivity contribution is 5.31. The first kappa shape index (κ1) is 15.2. The van der Waals surface area contributed by atoms with Gasteiger partial charge in [0.2, 0.25) is 0 Å². The van der Waals surface area contributed by atoms with Gasteiger partial charge in [-0.25, -0.2) is 9.97 Å². The van der Waals surface area contributed by atoms with Crippen molar-refractivity contribution in [2.75, 3.05) is 12.8 Å². The molecule has 0 aromatic carbocycles. The molecule has 1 saturated carbocycles. The van der Waals surface area contributed by atoms with Gasteiger partial charge in [0, 0.05) is 18.9 Å². The average Bonchev–Trinajstić information content (AvgIpc) is 2.37. The summed E-state index contributed by atoms with van der Waals surface area (Å²) in [6, 6.07) is 1.89. The molecule has 0 saturated heterocycles. The molecule has 1 fully saturated rings. The minimum Gasteiger partial charge on any atom is -0.384 e. The average molecular weight is 277 g/mol. The summed E-state index contributed by atoms with van der Waals surface area (Å²) in [6.07, 6.45) is 5.31. The Balaban J connectivity index is 2.36. The maximum atomic E-state index is 5.98. The van der Waals surface area contributed by atoms with E-state index < -0.39 is 0 Å². The van der Waals surface area contributed by atoms with Gasteiger partial charge in [-0.1, -0.05) is 27.2 Å². The zero-order valence-corrected chi connectivity index (χ0v) is 13.1. The van der Waals surface area contributed by atoms with E-state index in [9.17, 15) is 0 Å². The van der Waals surface area contributed by atoms with Gasteiger partial charge in [-0.05, 0) is 37.5 Å². The van der Waals surface area contributed by atoms with Crippen molar-refractivity contribution in [2.45, 2.75) is 58.5 Å². The normalized spacial score (nSPS) is 26.9. The Labute approximate surface area is 122 Å². The fourth-order valence-electron chi connectivity index (χ4n) is 3.23. The lowest BCUT2D eigenvalue weighted by atomic mass is 9.78. The van der Waals surface area contributed by atoms with Crippen molar-refractivity contribution in [3.8, 4) is 0 Å². The fraction of sp³-hybridized carbons (Fsp3) is 0.750. The highest BCUT2D eigenvalue weighted by Crippen LogP contribution is 2.41. The van der Waals surface area contributed by atoms with Crippen molar-refractivity contribution < 1.29 is 4.74 Å². The third-order valence-corrected chi connectivity index (χ3v) is 4.17. The Hall–Kier alpha value is -1.16. The second-order valence-corrected chi connectivity index (χ2v) is 6.61. The number of nitrogens with two attached hydrogens (primary N) is 1. The summed E-state index contributed by atoms with van der Waals surface area (Å²) >= 11 is 0. The molecule has 1 aliphatic rings. The standard InChI is InChI=1S/C16H27N3O/c1-11(2)8-13-9-14(17)19-15(18-13)16(20-4)7-5-6-12(3)10-16/h9,11-12H,5-8,10H2,1-4H3,(H2,17,18,19). The van der Waals surface area contributed by atoms with Gasteiger partial charge in [-0.15, -0.1) is 0 Å². The van der Waals surface area contributed by atoms with Crippen molar-refractivity contribution in [3.63, 3.8) is 0 Å². The highest BCUT2D eigenvalue weighted by atomic mass is 16.5. The zero-order chi connectivity index (χ0) is 14.8. The minimum atomic E-state index is -0.348. The monoisotopic (exact) mass is 277 g/mol. The van der Waals surface area contributed by atoms with E-state index in [4.69, 9.17) is 15.5 Å². The summed E-state index contributed by atoms with van der Waals surface area (Å²) in [5, 5.41) is 0. The first-order valence-electron chi connectivity index (χ1n) is 7.64. The summed E-state index contributed by atoms with van der Waals surface area (Å²) in [5.41, 5.74) is 6.66. The van der Waals surface area contributed by atoms with Crippen LogP contribution in [0.4, 0.5) is 5.82 Å². The third-order valence-electron chi connectivity index (χ3n) is 4.17. The van der Waals surface area contributed by atoms with Crippen LogP contribution in [0.1, 0.15) is 58.0 Å². The maximum absolute atomic E-state index is 5.98. The number of nitrogen functional groups attached to an aromatic ring is 1. The molecule has 1 aromatic rings. The number of aromatic nitrogens is 2. The lowest BCUT2D eigenvalue weighted by molar-refractivity contribution is -0.0646. The summed E-state index contributed by atoms with van der Waals surface area (Å²) in [6.45, 7) is 6.65. The summed E-state index contributed by atoms with van der Waals surface area (Å²) in [7, 11) is 1.77. The largest absolute Gasteiger partial charge is 0.384 e. The van der Waals surface area contributed by atoms with Gasteiger partial charge in [0.25, 0.3) is 0 Å². The van der Waals surface area contributed by atoms with Crippen LogP contribution in [0.15, 0.2) is 6.07 Å². The van der Waals surface area contributed by atoms with E-state index in [-0.39, 0.29) is 5.60 Å². The van der Waals surface area contributed by atoms with Crippen LogP contribution in [0.5, 0.6) is 0 Å². The third kappa shape index (κ3) is 3.29. The SMILES string of the molecule is COC1(c2nc(N)cc(CC(C)C)n2)CCCC(C)C1. The fourth-order valence-corrected chi connectivity index (χ4v) is 3.23. The van der Waals surface area contributed by atoms with Crippen LogP contribution in [-0.4, -0.2) is 17.1 Å². The smallest absolute Gasteiger partial charge is 0.162 e. The second kappa shape index (κ2) is 6.08. The zero-order valence-electron chi connectivity index (χ0n) is 13.1. The van der Waals surface area contributed by atoms with E-state index in [0.29, 0.717) is 17.7 Å². The number of nitrogens with zero attached hydrogens (tertiary/aromatic N) is 2. The predicted molar refractivity (Wildman–Crippen MR) is 81.3 cm³/mol. The molecule has 0 spiro atoms. The van der Waals surface area contributed by atoms with E-state index in [1.165, 1.54) is 6.42 Å². The van der Waals surface area contributed by atoms with Gasteiger partial charge in [0.15, 0.2) is 5.82 Å². The van der Waals surface area contributed by atoms with Crippen molar-refractivity contribution in [2.24, 2.45) is 11.8 Å². The molecule has 2 rings (SSSR count). The molecule has 1 aromatic heterocycles. The first-order chi connectivity index (χ1) is 9.45. The molecule has 20 heavy (non-hydrogen) atoms. The summed E-state index contributed by atoms with van der Waals surface area (Å²) in [4.78, 5) is 9.24. The minimum absolute atomic E-state index is 0.348. The van der Waals surface area contributed by atoms with Gasteiger partial charge < -0.3 is 10.5 Å². The molecule has 2 unspecified atom stereocenters. The van der Waals surface area contributed by atoms with E-state index in [2.05, 4.69) is 25.8 Å². The second-order valence-electron chi connectivity index (χ2n) is 6.61. The van der Waals surface area contributed by atoms with Crippen LogP contribution in [0.3, 0.4) is 0 Å². The van der Waals surface area contributed by atoms with E-state index in [0.717, 1.165) is 37.2 Å². The lowest BCUT2D eigenvalue weighted by Crippen LogP contribution is -2.36. The van der Waals surface area contributed by atoms with E-state index in [1.54, 1.807) is 7.11 Å². The number of hydrogen-bond acceptors (Lipinski definition) is 4. The lowest BCUT2D eigenvalue weighted by Gasteiger charge is -2.37. The Morgan fingerprint density at radius 3 is 2.80 bits per heavy atom. The van der Waals surface area contributed by atoms with Crippen LogP contribution in [0.2, 0.25) is 0 Å². The number of hydrogen-bond donors (Lipinski definition) is 1. The molecule has 0 aliphatic heterocycles. The predicted octanol–water partition coefficient (Wildman–Crippen LogP) is 3.31. The number of ether oxygens (including phenoxy) is 1. The number of anilines is 1. The Bertz CT molecular complexity index is 461.